The molecular weight excluding hydrogens is 629 g/mol. The van der Waals surface area contributed by atoms with Crippen LogP contribution in [0.5, 0.6) is 5.75 Å². The van der Waals surface area contributed by atoms with Gasteiger partial charge in [-0.3, -0.25) is 4.79 Å². The summed E-state index contributed by atoms with van der Waals surface area (Å²) in [6, 6.07) is 21.1. The van der Waals surface area contributed by atoms with Gasteiger partial charge in [0.15, 0.2) is 0 Å². The average Bonchev–Trinajstić information content (AvgIpc) is 2.89. The number of hydrogen-bond donors (Lipinski definition) is 0. The van der Waals surface area contributed by atoms with E-state index in [1.54, 1.807) is 23.1 Å². The second-order valence-electron chi connectivity index (χ2n) is 8.14. The fourth-order valence-electron chi connectivity index (χ4n) is 3.87. The van der Waals surface area contributed by atoms with Crippen LogP contribution in [0.2, 0.25) is 10.0 Å². The van der Waals surface area contributed by atoms with Crippen LogP contribution in [0.15, 0.2) is 75.2 Å². The number of amides is 1. The Kier molecular flexibility index (Phi) is 8.97. The number of hydrogen-bond acceptors (Lipinski definition) is 4. The zero-order valence-corrected chi connectivity index (χ0v) is 23.7. The van der Waals surface area contributed by atoms with Gasteiger partial charge in [-0.05, 0) is 85.5 Å². The molecule has 0 radical (unpaired) electrons. The van der Waals surface area contributed by atoms with Gasteiger partial charge in [0.05, 0.1) is 19.0 Å². The Labute approximate surface area is 237 Å². The molecule has 0 N–H and O–H groups in total. The number of rotatable bonds is 6. The summed E-state index contributed by atoms with van der Waals surface area (Å²) in [5.41, 5.74) is 2.80. The van der Waals surface area contributed by atoms with Gasteiger partial charge in [0.25, 0.3) is 5.91 Å². The topological polar surface area (TPSA) is 56.6 Å². The second-order valence-corrected chi connectivity index (χ2v) is 10.7. The normalized spacial score (nSPS) is 13.9. The molecule has 0 spiro atoms. The van der Waals surface area contributed by atoms with E-state index in [0.29, 0.717) is 50.0 Å². The van der Waals surface area contributed by atoms with Crippen molar-refractivity contribution in [2.24, 2.45) is 0 Å². The number of anilines is 1. The fourth-order valence-corrected chi connectivity index (χ4v) is 5.64. The Morgan fingerprint density at radius 2 is 1.64 bits per heavy atom. The smallest absolute Gasteiger partial charge is 0.264 e. The third-order valence-electron chi connectivity index (χ3n) is 5.74. The molecule has 0 unspecified atom stereocenters. The van der Waals surface area contributed by atoms with E-state index < -0.39 is 0 Å². The maximum atomic E-state index is 13.1. The van der Waals surface area contributed by atoms with Crippen LogP contribution in [0.25, 0.3) is 6.08 Å². The highest BCUT2D eigenvalue weighted by molar-refractivity contribution is 9.11. The second kappa shape index (κ2) is 12.2. The SMILES string of the molecule is N#C/C(=C/c1cc(Br)c(OCc2ccc(Cl)c(Cl)c2)c(Br)c1)C(=O)N1CCN(c2ccccc2)CC1. The maximum Gasteiger partial charge on any atom is 0.264 e. The van der Waals surface area contributed by atoms with Crippen molar-refractivity contribution >= 4 is 72.7 Å². The largest absolute Gasteiger partial charge is 0.487 e. The highest BCUT2D eigenvalue weighted by Gasteiger charge is 2.24. The third-order valence-corrected chi connectivity index (χ3v) is 7.65. The zero-order chi connectivity index (χ0) is 25.7. The van der Waals surface area contributed by atoms with Crippen molar-refractivity contribution in [3.05, 3.63) is 96.4 Å². The molecule has 1 amide bonds. The van der Waals surface area contributed by atoms with Crippen LogP contribution in [0, 0.1) is 11.3 Å². The lowest BCUT2D eigenvalue weighted by Gasteiger charge is -2.36. The lowest BCUT2D eigenvalue weighted by atomic mass is 10.1. The summed E-state index contributed by atoms with van der Waals surface area (Å²) in [5.74, 6) is 0.331. The first-order chi connectivity index (χ1) is 17.4. The number of nitriles is 1. The van der Waals surface area contributed by atoms with Crippen LogP contribution in [0.4, 0.5) is 5.69 Å². The molecule has 0 bridgehead atoms. The highest BCUT2D eigenvalue weighted by atomic mass is 79.9. The predicted molar refractivity (Wildman–Crippen MR) is 151 cm³/mol. The number of ether oxygens (including phenoxy) is 1. The maximum absolute atomic E-state index is 13.1. The summed E-state index contributed by atoms with van der Waals surface area (Å²) >= 11 is 19.1. The molecule has 1 fully saturated rings. The number of carbonyl (C=O) groups is 1. The molecule has 184 valence electrons. The summed E-state index contributed by atoms with van der Waals surface area (Å²) < 4.78 is 7.33. The molecule has 0 saturated carbocycles. The molecule has 1 aliphatic rings. The van der Waals surface area contributed by atoms with E-state index in [0.717, 1.165) is 24.3 Å². The van der Waals surface area contributed by atoms with Crippen LogP contribution in [0.3, 0.4) is 0 Å². The molecule has 1 saturated heterocycles. The lowest BCUT2D eigenvalue weighted by Crippen LogP contribution is -2.49. The summed E-state index contributed by atoms with van der Waals surface area (Å²) in [4.78, 5) is 17.0. The first kappa shape index (κ1) is 26.6. The molecule has 1 aliphatic heterocycles. The third kappa shape index (κ3) is 6.43. The van der Waals surface area contributed by atoms with E-state index in [9.17, 15) is 10.1 Å². The van der Waals surface area contributed by atoms with Gasteiger partial charge in [0, 0.05) is 31.9 Å². The number of carbonyl (C=O) groups excluding carboxylic acids is 1. The van der Waals surface area contributed by atoms with Crippen molar-refractivity contribution in [3.63, 3.8) is 0 Å². The van der Waals surface area contributed by atoms with Gasteiger partial charge >= 0.3 is 0 Å². The van der Waals surface area contributed by atoms with Gasteiger partial charge in [-0.15, -0.1) is 0 Å². The lowest BCUT2D eigenvalue weighted by molar-refractivity contribution is -0.126. The molecule has 3 aromatic rings. The molecule has 0 aromatic heterocycles. The first-order valence-corrected chi connectivity index (χ1v) is 13.5. The first-order valence-electron chi connectivity index (χ1n) is 11.1. The van der Waals surface area contributed by atoms with E-state index in [-0.39, 0.29) is 11.5 Å². The summed E-state index contributed by atoms with van der Waals surface area (Å²) in [6.45, 7) is 2.84. The highest BCUT2D eigenvalue weighted by Crippen LogP contribution is 2.36. The molecule has 3 aromatic carbocycles. The molecule has 36 heavy (non-hydrogen) atoms. The molecular formula is C27H21Br2Cl2N3O2. The van der Waals surface area contributed by atoms with Gasteiger partial charge in [0.2, 0.25) is 0 Å². The number of nitrogens with zero attached hydrogens (tertiary/aromatic N) is 3. The van der Waals surface area contributed by atoms with Crippen molar-refractivity contribution in [3.8, 4) is 11.8 Å². The van der Waals surface area contributed by atoms with Crippen molar-refractivity contribution in [1.29, 1.82) is 5.26 Å². The molecule has 1 heterocycles. The van der Waals surface area contributed by atoms with Crippen molar-refractivity contribution < 1.29 is 9.53 Å². The number of halogens is 4. The predicted octanol–water partition coefficient (Wildman–Crippen LogP) is 7.35. The van der Waals surface area contributed by atoms with E-state index in [1.807, 2.05) is 36.4 Å². The average molecular weight is 650 g/mol. The standard InChI is InChI=1S/C27H21Br2Cl2N3O2/c28-22-13-19(14-23(29)26(22)36-17-18-6-7-24(30)25(31)15-18)12-20(16-32)27(35)34-10-8-33(9-11-34)21-4-2-1-3-5-21/h1-7,12-15H,8-11,17H2/b20-12-. The van der Waals surface area contributed by atoms with Crippen LogP contribution >= 0.6 is 55.1 Å². The van der Waals surface area contributed by atoms with Crippen molar-refractivity contribution in [2.45, 2.75) is 6.61 Å². The Morgan fingerprint density at radius 3 is 2.25 bits per heavy atom. The minimum absolute atomic E-state index is 0.0893. The van der Waals surface area contributed by atoms with Crippen molar-refractivity contribution in [1.82, 2.24) is 4.90 Å². The Morgan fingerprint density at radius 1 is 0.972 bits per heavy atom. The Hall–Kier alpha value is -2.50. The van der Waals surface area contributed by atoms with Gasteiger partial charge in [-0.1, -0.05) is 47.5 Å². The molecule has 5 nitrogen and oxygen atoms in total. The summed E-state index contributed by atoms with van der Waals surface area (Å²) in [6.07, 6.45) is 1.60. The molecule has 4 rings (SSSR count). The van der Waals surface area contributed by atoms with Crippen LogP contribution in [-0.2, 0) is 11.4 Å². The van der Waals surface area contributed by atoms with E-state index in [2.05, 4.69) is 55.0 Å². The summed E-state index contributed by atoms with van der Waals surface area (Å²) in [7, 11) is 0. The van der Waals surface area contributed by atoms with Crippen molar-refractivity contribution in [2.75, 3.05) is 31.1 Å². The monoisotopic (exact) mass is 647 g/mol. The quantitative estimate of drug-likeness (QED) is 0.207. The summed E-state index contributed by atoms with van der Waals surface area (Å²) in [5, 5.41) is 10.7. The molecule has 0 aliphatic carbocycles. The van der Waals surface area contributed by atoms with Gasteiger partial charge in [0.1, 0.15) is 24.0 Å². The number of benzene rings is 3. The minimum Gasteiger partial charge on any atom is -0.487 e. The van der Waals surface area contributed by atoms with E-state index in [1.165, 1.54) is 0 Å². The fraction of sp³-hybridized carbons (Fsp3) is 0.185. The van der Waals surface area contributed by atoms with Gasteiger partial charge in [-0.25, -0.2) is 0 Å². The Balaban J connectivity index is 1.43. The minimum atomic E-state index is -0.266. The zero-order valence-electron chi connectivity index (χ0n) is 19.1. The molecule has 0 atom stereocenters. The van der Waals surface area contributed by atoms with E-state index >= 15 is 0 Å². The number of para-hydroxylation sites is 1. The van der Waals surface area contributed by atoms with Gasteiger partial charge < -0.3 is 14.5 Å². The van der Waals surface area contributed by atoms with Crippen LogP contribution in [-0.4, -0.2) is 37.0 Å². The van der Waals surface area contributed by atoms with Crippen LogP contribution < -0.4 is 9.64 Å². The number of piperazine rings is 1. The Bertz CT molecular complexity index is 1310. The van der Waals surface area contributed by atoms with Gasteiger partial charge in [-0.2, -0.15) is 5.26 Å². The van der Waals surface area contributed by atoms with Crippen LogP contribution in [0.1, 0.15) is 11.1 Å². The van der Waals surface area contributed by atoms with E-state index in [4.69, 9.17) is 27.9 Å². The molecule has 9 heteroatoms.